The number of alkyl halides is 2. The summed E-state index contributed by atoms with van der Waals surface area (Å²) >= 11 is 0. The van der Waals surface area contributed by atoms with E-state index in [1.54, 1.807) is 0 Å². The smallest absolute Gasteiger partial charge is 0.248 e. The molecule has 1 atom stereocenters. The Morgan fingerprint density at radius 3 is 2.37 bits per heavy atom. The van der Waals surface area contributed by atoms with Gasteiger partial charge in [-0.2, -0.15) is 0 Å². The zero-order valence-corrected chi connectivity index (χ0v) is 12.3. The van der Waals surface area contributed by atoms with Crippen LogP contribution in [0.1, 0.15) is 46.5 Å². The molecule has 2 rings (SSSR count). The number of carbonyl (C=O) groups excluding carboxylic acids is 1. The SMILES string of the molecule is CC.CC=O.FC1(F)CC(COC2CCCNC2)C1. The molecule has 1 N–H and O–H groups in total. The fraction of sp³-hybridized carbons (Fsp3) is 0.929. The Hall–Kier alpha value is -0.550. The van der Waals surface area contributed by atoms with E-state index < -0.39 is 5.92 Å². The molecular formula is C14H27F2NO2. The first-order valence-corrected chi connectivity index (χ1v) is 7.17. The van der Waals surface area contributed by atoms with Gasteiger partial charge in [0.05, 0.1) is 12.7 Å². The maximum absolute atomic E-state index is 12.5. The average molecular weight is 279 g/mol. The number of rotatable bonds is 3. The van der Waals surface area contributed by atoms with Gasteiger partial charge in [-0.25, -0.2) is 8.78 Å². The van der Waals surface area contributed by atoms with Crippen LogP contribution >= 0.6 is 0 Å². The molecule has 2 fully saturated rings. The van der Waals surface area contributed by atoms with Crippen LogP contribution in [0.4, 0.5) is 8.78 Å². The van der Waals surface area contributed by atoms with E-state index in [9.17, 15) is 8.78 Å². The summed E-state index contributed by atoms with van der Waals surface area (Å²) in [6.45, 7) is 7.90. The van der Waals surface area contributed by atoms with Gasteiger partial charge in [-0.15, -0.1) is 0 Å². The highest BCUT2D eigenvalue weighted by Crippen LogP contribution is 2.42. The number of hydrogen-bond donors (Lipinski definition) is 1. The molecule has 0 amide bonds. The van der Waals surface area contributed by atoms with Crippen LogP contribution in [0.5, 0.6) is 0 Å². The van der Waals surface area contributed by atoms with Gasteiger partial charge in [0, 0.05) is 19.4 Å². The lowest BCUT2D eigenvalue weighted by atomic mass is 9.82. The summed E-state index contributed by atoms with van der Waals surface area (Å²) in [5.74, 6) is -2.31. The van der Waals surface area contributed by atoms with E-state index in [-0.39, 0.29) is 24.9 Å². The summed E-state index contributed by atoms with van der Waals surface area (Å²) in [5, 5.41) is 3.24. The van der Waals surface area contributed by atoms with Crippen molar-refractivity contribution in [2.75, 3.05) is 19.7 Å². The van der Waals surface area contributed by atoms with E-state index in [1.807, 2.05) is 13.8 Å². The van der Waals surface area contributed by atoms with E-state index >= 15 is 0 Å². The Labute approximate surface area is 115 Å². The van der Waals surface area contributed by atoms with Gasteiger partial charge in [0.1, 0.15) is 6.29 Å². The Morgan fingerprint density at radius 1 is 1.37 bits per heavy atom. The first-order chi connectivity index (χ1) is 9.07. The van der Waals surface area contributed by atoms with Crippen molar-refractivity contribution < 1.29 is 18.3 Å². The van der Waals surface area contributed by atoms with E-state index in [4.69, 9.17) is 9.53 Å². The molecule has 2 aliphatic rings. The summed E-state index contributed by atoms with van der Waals surface area (Å²) in [6.07, 6.45) is 3.24. The molecule has 0 aromatic heterocycles. The quantitative estimate of drug-likeness (QED) is 0.807. The van der Waals surface area contributed by atoms with Crippen LogP contribution in [0.15, 0.2) is 0 Å². The Kier molecular flexibility index (Phi) is 9.97. The predicted molar refractivity (Wildman–Crippen MR) is 72.6 cm³/mol. The third-order valence-electron chi connectivity index (χ3n) is 2.99. The topological polar surface area (TPSA) is 38.3 Å². The molecule has 19 heavy (non-hydrogen) atoms. The largest absolute Gasteiger partial charge is 0.377 e. The Balaban J connectivity index is 0.000000573. The molecular weight excluding hydrogens is 252 g/mol. The number of nitrogens with one attached hydrogen (secondary N) is 1. The fourth-order valence-electron chi connectivity index (χ4n) is 2.14. The number of halogens is 2. The van der Waals surface area contributed by atoms with Crippen molar-refractivity contribution in [2.45, 2.75) is 58.5 Å². The molecule has 1 unspecified atom stereocenters. The lowest BCUT2D eigenvalue weighted by Gasteiger charge is -2.36. The summed E-state index contributed by atoms with van der Waals surface area (Å²) in [7, 11) is 0. The van der Waals surface area contributed by atoms with Crippen molar-refractivity contribution >= 4 is 6.29 Å². The van der Waals surface area contributed by atoms with Gasteiger partial charge < -0.3 is 14.8 Å². The number of carbonyl (C=O) groups is 1. The zero-order valence-electron chi connectivity index (χ0n) is 12.3. The standard InChI is InChI=1S/C10H17F2NO.C2H4O.C2H6/c11-10(12)4-8(5-10)7-14-9-2-1-3-13-6-9;1-2-3;1-2/h8-9,13H,1-7H2;2H,1H3;1-2H3. The molecule has 0 spiro atoms. The van der Waals surface area contributed by atoms with Crippen molar-refractivity contribution in [1.82, 2.24) is 5.32 Å². The summed E-state index contributed by atoms with van der Waals surface area (Å²) in [6, 6.07) is 0. The van der Waals surface area contributed by atoms with Gasteiger partial charge in [0.25, 0.3) is 0 Å². The maximum atomic E-state index is 12.5. The third-order valence-corrected chi connectivity index (χ3v) is 2.99. The van der Waals surface area contributed by atoms with E-state index in [0.717, 1.165) is 32.2 Å². The third kappa shape index (κ3) is 8.26. The van der Waals surface area contributed by atoms with Crippen LogP contribution in [0.25, 0.3) is 0 Å². The minimum Gasteiger partial charge on any atom is -0.377 e. The molecule has 1 saturated heterocycles. The lowest BCUT2D eigenvalue weighted by Crippen LogP contribution is -2.41. The minimum absolute atomic E-state index is 0.0210. The number of aldehydes is 1. The first-order valence-electron chi connectivity index (χ1n) is 7.17. The highest BCUT2D eigenvalue weighted by molar-refractivity contribution is 5.44. The van der Waals surface area contributed by atoms with Crippen LogP contribution in [-0.2, 0) is 9.53 Å². The fourth-order valence-corrected chi connectivity index (χ4v) is 2.14. The van der Waals surface area contributed by atoms with Crippen LogP contribution in [0, 0.1) is 5.92 Å². The minimum atomic E-state index is -2.40. The summed E-state index contributed by atoms with van der Waals surface area (Å²) in [5.41, 5.74) is 0. The number of piperidine rings is 1. The van der Waals surface area contributed by atoms with Crippen LogP contribution in [0.3, 0.4) is 0 Å². The normalized spacial score (nSPS) is 25.0. The molecule has 0 aromatic rings. The van der Waals surface area contributed by atoms with Gasteiger partial charge >= 0.3 is 0 Å². The van der Waals surface area contributed by atoms with Gasteiger partial charge in [-0.05, 0) is 32.2 Å². The maximum Gasteiger partial charge on any atom is 0.248 e. The lowest BCUT2D eigenvalue weighted by molar-refractivity contribution is -0.136. The van der Waals surface area contributed by atoms with Gasteiger partial charge in [-0.1, -0.05) is 13.8 Å². The van der Waals surface area contributed by atoms with Gasteiger partial charge in [0.2, 0.25) is 5.92 Å². The second-order valence-corrected chi connectivity index (χ2v) is 4.67. The van der Waals surface area contributed by atoms with Crippen molar-refractivity contribution in [1.29, 1.82) is 0 Å². The first kappa shape index (κ1) is 18.4. The van der Waals surface area contributed by atoms with Crippen molar-refractivity contribution in [3.05, 3.63) is 0 Å². The Bertz CT molecular complexity index is 223. The molecule has 1 heterocycles. The molecule has 1 aliphatic carbocycles. The Morgan fingerprint density at radius 2 is 1.95 bits per heavy atom. The monoisotopic (exact) mass is 279 g/mol. The molecule has 0 bridgehead atoms. The number of ether oxygens (including phenoxy) is 1. The van der Waals surface area contributed by atoms with Crippen molar-refractivity contribution in [2.24, 2.45) is 5.92 Å². The second-order valence-electron chi connectivity index (χ2n) is 4.67. The second kappa shape index (κ2) is 10.3. The van der Waals surface area contributed by atoms with Crippen LogP contribution in [0.2, 0.25) is 0 Å². The molecule has 5 heteroatoms. The zero-order chi connectivity index (χ0) is 14.7. The molecule has 3 nitrogen and oxygen atoms in total. The highest BCUT2D eigenvalue weighted by atomic mass is 19.3. The average Bonchev–Trinajstić information content (AvgIpc) is 2.38. The molecule has 0 aromatic carbocycles. The summed E-state index contributed by atoms with van der Waals surface area (Å²) in [4.78, 5) is 8.81. The highest BCUT2D eigenvalue weighted by Gasteiger charge is 2.45. The molecule has 1 saturated carbocycles. The van der Waals surface area contributed by atoms with E-state index in [2.05, 4.69) is 5.32 Å². The van der Waals surface area contributed by atoms with E-state index in [0.29, 0.717) is 6.61 Å². The molecule has 1 aliphatic heterocycles. The van der Waals surface area contributed by atoms with E-state index in [1.165, 1.54) is 6.92 Å². The summed E-state index contributed by atoms with van der Waals surface area (Å²) < 4.78 is 30.6. The van der Waals surface area contributed by atoms with Gasteiger partial charge in [0.15, 0.2) is 0 Å². The molecule has 0 radical (unpaired) electrons. The van der Waals surface area contributed by atoms with Crippen LogP contribution in [-0.4, -0.2) is 38.0 Å². The van der Waals surface area contributed by atoms with Crippen molar-refractivity contribution in [3.8, 4) is 0 Å². The van der Waals surface area contributed by atoms with Gasteiger partial charge in [-0.3, -0.25) is 0 Å². The number of hydrogen-bond acceptors (Lipinski definition) is 3. The van der Waals surface area contributed by atoms with Crippen LogP contribution < -0.4 is 5.32 Å². The van der Waals surface area contributed by atoms with Crippen molar-refractivity contribution in [3.63, 3.8) is 0 Å². The molecule has 114 valence electrons. The predicted octanol–water partition coefficient (Wildman–Crippen LogP) is 3.03.